The molecule has 0 spiro atoms. The smallest absolute Gasteiger partial charge is 0.317 e. The fourth-order valence-electron chi connectivity index (χ4n) is 3.48. The second kappa shape index (κ2) is 21.6. The van der Waals surface area contributed by atoms with E-state index >= 15 is 0 Å². The molecule has 0 heterocycles. The first-order chi connectivity index (χ1) is 14.1. The summed E-state index contributed by atoms with van der Waals surface area (Å²) in [4.78, 5) is 23.5. The first-order valence-corrected chi connectivity index (χ1v) is 12.5. The predicted octanol–water partition coefficient (Wildman–Crippen LogP) is 7.52. The van der Waals surface area contributed by atoms with Crippen LogP contribution in [0.3, 0.4) is 0 Å². The fourth-order valence-corrected chi connectivity index (χ4v) is 3.48. The number of rotatable bonds is 21. The molecule has 29 heavy (non-hydrogen) atoms. The summed E-state index contributed by atoms with van der Waals surface area (Å²) >= 11 is 0. The van der Waals surface area contributed by atoms with Gasteiger partial charge in [-0.05, 0) is 19.3 Å². The molecule has 4 nitrogen and oxygen atoms in total. The lowest BCUT2D eigenvalue weighted by Crippen LogP contribution is -2.21. The minimum atomic E-state index is -0.459. The molecule has 0 saturated carbocycles. The quantitative estimate of drug-likeness (QED) is 0.111. The Morgan fingerprint density at radius 3 is 1.59 bits per heavy atom. The molecule has 0 aromatic heterocycles. The molecule has 4 heteroatoms. The summed E-state index contributed by atoms with van der Waals surface area (Å²) in [5, 5.41) is 0. The molecule has 0 aromatic rings. The van der Waals surface area contributed by atoms with Crippen molar-refractivity contribution in [2.24, 2.45) is 0 Å². The molecule has 1 unspecified atom stereocenters. The monoisotopic (exact) mass is 412 g/mol. The Hall–Kier alpha value is -1.06. The van der Waals surface area contributed by atoms with Gasteiger partial charge in [0, 0.05) is 0 Å². The molecule has 1 atom stereocenters. The third-order valence-corrected chi connectivity index (χ3v) is 5.43. The Morgan fingerprint density at radius 2 is 1.10 bits per heavy atom. The first kappa shape index (κ1) is 27.9. The van der Waals surface area contributed by atoms with Gasteiger partial charge in [-0.25, -0.2) is 0 Å². The Labute approximate surface area is 180 Å². The van der Waals surface area contributed by atoms with Crippen LogP contribution in [0.25, 0.3) is 0 Å². The van der Waals surface area contributed by atoms with E-state index in [2.05, 4.69) is 13.8 Å². The van der Waals surface area contributed by atoms with Gasteiger partial charge in [0.2, 0.25) is 0 Å². The van der Waals surface area contributed by atoms with Gasteiger partial charge in [-0.2, -0.15) is 0 Å². The van der Waals surface area contributed by atoms with E-state index in [-0.39, 0.29) is 12.5 Å². The average Bonchev–Trinajstić information content (AvgIpc) is 2.71. The first-order valence-electron chi connectivity index (χ1n) is 12.5. The topological polar surface area (TPSA) is 52.6 Å². The Kier molecular flexibility index (Phi) is 20.9. The van der Waals surface area contributed by atoms with Crippen LogP contribution in [0, 0.1) is 0 Å². The molecule has 0 fully saturated rings. The van der Waals surface area contributed by atoms with Crippen molar-refractivity contribution >= 4 is 11.9 Å². The zero-order valence-electron chi connectivity index (χ0n) is 19.6. The molecule has 0 bridgehead atoms. The zero-order valence-corrected chi connectivity index (χ0v) is 19.6. The number of carbonyl (C=O) groups is 2. The van der Waals surface area contributed by atoms with Gasteiger partial charge in [0.25, 0.3) is 0 Å². The van der Waals surface area contributed by atoms with E-state index < -0.39 is 11.9 Å². The number of hydrogen-bond acceptors (Lipinski definition) is 4. The van der Waals surface area contributed by atoms with Crippen LogP contribution in [0.2, 0.25) is 0 Å². The van der Waals surface area contributed by atoms with Crippen molar-refractivity contribution in [2.45, 2.75) is 142 Å². The van der Waals surface area contributed by atoms with E-state index in [1.54, 1.807) is 0 Å². The van der Waals surface area contributed by atoms with Crippen LogP contribution in [0.4, 0.5) is 0 Å². The van der Waals surface area contributed by atoms with E-state index in [9.17, 15) is 9.59 Å². The molecule has 0 amide bonds. The number of unbranched alkanes of at least 4 members (excludes halogenated alkanes) is 13. The maximum Gasteiger partial charge on any atom is 0.317 e. The van der Waals surface area contributed by atoms with Gasteiger partial charge in [0.1, 0.15) is 12.5 Å². The van der Waals surface area contributed by atoms with Crippen molar-refractivity contribution in [1.29, 1.82) is 0 Å². The molecule has 0 aliphatic carbocycles. The van der Waals surface area contributed by atoms with Crippen molar-refractivity contribution in [2.75, 3.05) is 6.61 Å². The summed E-state index contributed by atoms with van der Waals surface area (Å²) < 4.78 is 10.5. The maximum atomic E-state index is 11.8. The predicted molar refractivity (Wildman–Crippen MR) is 121 cm³/mol. The largest absolute Gasteiger partial charge is 0.465 e. The molecular weight excluding hydrogens is 364 g/mol. The van der Waals surface area contributed by atoms with Crippen molar-refractivity contribution in [3.05, 3.63) is 0 Å². The van der Waals surface area contributed by atoms with E-state index in [1.165, 1.54) is 70.6 Å². The molecule has 0 N–H and O–H groups in total. The van der Waals surface area contributed by atoms with Gasteiger partial charge in [-0.15, -0.1) is 0 Å². The molecule has 0 radical (unpaired) electrons. The van der Waals surface area contributed by atoms with Crippen LogP contribution in [0.15, 0.2) is 0 Å². The second-order valence-electron chi connectivity index (χ2n) is 8.30. The zero-order chi connectivity index (χ0) is 21.6. The minimum Gasteiger partial charge on any atom is -0.465 e. The van der Waals surface area contributed by atoms with Crippen molar-refractivity contribution < 1.29 is 19.1 Å². The van der Waals surface area contributed by atoms with Gasteiger partial charge >= 0.3 is 11.9 Å². The molecule has 0 aromatic carbocycles. The number of ether oxygens (including phenoxy) is 2. The molecule has 0 aliphatic heterocycles. The summed E-state index contributed by atoms with van der Waals surface area (Å²) in [6.07, 6.45) is 20.2. The normalized spacial score (nSPS) is 12.0. The fraction of sp³-hybridized carbons (Fsp3) is 0.920. The number of esters is 2. The Morgan fingerprint density at radius 1 is 0.621 bits per heavy atom. The van der Waals surface area contributed by atoms with Crippen LogP contribution in [-0.4, -0.2) is 24.6 Å². The standard InChI is InChI=1S/C25H48O4/c1-4-7-9-10-11-12-13-14-15-16-17-18-19-21-28-24(26)22-25(27)29-23(6-3)20-8-5-2/h23H,4-22H2,1-3H3. The molecule has 0 aliphatic rings. The highest BCUT2D eigenvalue weighted by atomic mass is 16.6. The maximum absolute atomic E-state index is 11.8. The third kappa shape index (κ3) is 20.0. The highest BCUT2D eigenvalue weighted by Crippen LogP contribution is 2.13. The van der Waals surface area contributed by atoms with E-state index in [4.69, 9.17) is 9.47 Å². The van der Waals surface area contributed by atoms with Crippen LogP contribution in [0.1, 0.15) is 136 Å². The van der Waals surface area contributed by atoms with E-state index in [1.807, 2.05) is 6.92 Å². The van der Waals surface area contributed by atoms with Gasteiger partial charge in [-0.1, -0.05) is 111 Å². The van der Waals surface area contributed by atoms with Crippen LogP contribution >= 0.6 is 0 Å². The van der Waals surface area contributed by atoms with Crippen molar-refractivity contribution in [3.8, 4) is 0 Å². The van der Waals surface area contributed by atoms with Gasteiger partial charge in [0.05, 0.1) is 6.61 Å². The average molecular weight is 413 g/mol. The highest BCUT2D eigenvalue weighted by Gasteiger charge is 2.16. The van der Waals surface area contributed by atoms with E-state index in [0.717, 1.165) is 38.5 Å². The summed E-state index contributed by atoms with van der Waals surface area (Å²) in [5.74, 6) is -0.914. The summed E-state index contributed by atoms with van der Waals surface area (Å²) in [6, 6.07) is 0. The Bertz CT molecular complexity index is 381. The highest BCUT2D eigenvalue weighted by molar-refractivity contribution is 5.91. The number of hydrogen-bond donors (Lipinski definition) is 0. The summed E-state index contributed by atoms with van der Waals surface area (Å²) in [6.45, 7) is 6.79. The second-order valence-corrected chi connectivity index (χ2v) is 8.30. The van der Waals surface area contributed by atoms with Crippen LogP contribution in [0.5, 0.6) is 0 Å². The van der Waals surface area contributed by atoms with Crippen molar-refractivity contribution in [3.63, 3.8) is 0 Å². The van der Waals surface area contributed by atoms with Gasteiger partial charge in [-0.3, -0.25) is 9.59 Å². The third-order valence-electron chi connectivity index (χ3n) is 5.43. The van der Waals surface area contributed by atoms with Gasteiger partial charge < -0.3 is 9.47 Å². The van der Waals surface area contributed by atoms with Crippen LogP contribution < -0.4 is 0 Å². The van der Waals surface area contributed by atoms with Gasteiger partial charge in [0.15, 0.2) is 0 Å². The lowest BCUT2D eigenvalue weighted by molar-refractivity contribution is -0.158. The summed E-state index contributed by atoms with van der Waals surface area (Å²) in [7, 11) is 0. The van der Waals surface area contributed by atoms with E-state index in [0.29, 0.717) is 6.61 Å². The minimum absolute atomic E-state index is 0.0729. The lowest BCUT2D eigenvalue weighted by Gasteiger charge is -2.15. The SMILES string of the molecule is CCCCCCCCCCCCCCCOC(=O)CC(=O)OC(CC)CCCC. The molecular formula is C25H48O4. The lowest BCUT2D eigenvalue weighted by atomic mass is 10.0. The molecule has 172 valence electrons. The number of carbonyl (C=O) groups excluding carboxylic acids is 2. The molecule has 0 rings (SSSR count). The van der Waals surface area contributed by atoms with Crippen LogP contribution in [-0.2, 0) is 19.1 Å². The summed E-state index contributed by atoms with van der Waals surface area (Å²) in [5.41, 5.74) is 0. The van der Waals surface area contributed by atoms with Crippen molar-refractivity contribution in [1.82, 2.24) is 0 Å². The molecule has 0 saturated heterocycles. The Balaban J connectivity index is 3.43.